The van der Waals surface area contributed by atoms with E-state index >= 15 is 0 Å². The first-order valence-corrected chi connectivity index (χ1v) is 10.2. The first-order valence-electron chi connectivity index (χ1n) is 7.22. The van der Waals surface area contributed by atoms with Gasteiger partial charge in [0.25, 0.3) is 0 Å². The van der Waals surface area contributed by atoms with Crippen molar-refractivity contribution in [3.8, 4) is 0 Å². The third-order valence-corrected chi connectivity index (χ3v) is 6.90. The number of methoxy groups -OCH3 is 1. The highest BCUT2D eigenvalue weighted by molar-refractivity contribution is 7.99. The molecule has 0 saturated carbocycles. The summed E-state index contributed by atoms with van der Waals surface area (Å²) >= 11 is 1.85. The maximum Gasteiger partial charge on any atom is 0.223 e. The summed E-state index contributed by atoms with van der Waals surface area (Å²) in [5.41, 5.74) is -0.228. The van der Waals surface area contributed by atoms with E-state index in [4.69, 9.17) is 4.74 Å². The maximum absolute atomic E-state index is 12.2. The highest BCUT2D eigenvalue weighted by Crippen LogP contribution is 2.30. The SMILES string of the molecule is COC1(CNC(=O)C2CCN(S(C)(=O)=O)CC2)CCSC1. The first kappa shape index (κ1) is 17.1. The van der Waals surface area contributed by atoms with Gasteiger partial charge in [0.05, 0.1) is 11.9 Å². The van der Waals surface area contributed by atoms with E-state index in [1.165, 1.54) is 10.6 Å². The summed E-state index contributed by atoms with van der Waals surface area (Å²) in [5.74, 6) is 1.91. The lowest BCUT2D eigenvalue weighted by atomic mass is 9.96. The Hall–Kier alpha value is -0.310. The highest BCUT2D eigenvalue weighted by Gasteiger charge is 2.36. The van der Waals surface area contributed by atoms with Crippen molar-refractivity contribution in [2.45, 2.75) is 24.9 Å². The van der Waals surface area contributed by atoms with Gasteiger partial charge in [0.1, 0.15) is 0 Å². The number of thioether (sulfide) groups is 1. The molecule has 2 saturated heterocycles. The molecule has 0 spiro atoms. The molecule has 122 valence electrons. The predicted molar refractivity (Wildman–Crippen MR) is 83.8 cm³/mol. The van der Waals surface area contributed by atoms with Gasteiger partial charge in [-0.1, -0.05) is 0 Å². The van der Waals surface area contributed by atoms with Gasteiger partial charge >= 0.3 is 0 Å². The molecule has 1 N–H and O–H groups in total. The van der Waals surface area contributed by atoms with Crippen LogP contribution in [0, 0.1) is 5.92 Å². The molecule has 1 unspecified atom stereocenters. The minimum atomic E-state index is -3.14. The van der Waals surface area contributed by atoms with Gasteiger partial charge in [-0.15, -0.1) is 0 Å². The number of ether oxygens (including phenoxy) is 1. The van der Waals surface area contributed by atoms with Crippen molar-refractivity contribution in [3.05, 3.63) is 0 Å². The van der Waals surface area contributed by atoms with E-state index in [2.05, 4.69) is 5.32 Å². The van der Waals surface area contributed by atoms with Crippen molar-refractivity contribution >= 4 is 27.7 Å². The van der Waals surface area contributed by atoms with Crippen LogP contribution in [0.5, 0.6) is 0 Å². The summed E-state index contributed by atoms with van der Waals surface area (Å²) in [5, 5.41) is 2.99. The Morgan fingerprint density at radius 2 is 2.10 bits per heavy atom. The molecule has 0 aromatic rings. The number of rotatable bonds is 5. The summed E-state index contributed by atoms with van der Waals surface area (Å²) in [7, 11) is -1.44. The van der Waals surface area contributed by atoms with E-state index < -0.39 is 10.0 Å². The molecule has 2 fully saturated rings. The molecule has 2 rings (SSSR count). The largest absolute Gasteiger partial charge is 0.376 e. The molecule has 2 aliphatic rings. The van der Waals surface area contributed by atoms with Gasteiger partial charge in [-0.2, -0.15) is 11.8 Å². The van der Waals surface area contributed by atoms with Crippen LogP contribution in [0.4, 0.5) is 0 Å². The van der Waals surface area contributed by atoms with Crippen LogP contribution < -0.4 is 5.32 Å². The van der Waals surface area contributed by atoms with Crippen molar-refractivity contribution in [3.63, 3.8) is 0 Å². The van der Waals surface area contributed by atoms with Crippen molar-refractivity contribution in [1.29, 1.82) is 0 Å². The van der Waals surface area contributed by atoms with Gasteiger partial charge in [0.15, 0.2) is 0 Å². The Morgan fingerprint density at radius 1 is 1.43 bits per heavy atom. The Kier molecular flexibility index (Phi) is 5.56. The molecular formula is C13H24N2O4S2. The smallest absolute Gasteiger partial charge is 0.223 e. The van der Waals surface area contributed by atoms with Crippen LogP contribution in [0.3, 0.4) is 0 Å². The molecule has 2 aliphatic heterocycles. The number of amides is 1. The molecule has 6 nitrogen and oxygen atoms in total. The molecule has 0 radical (unpaired) electrons. The number of carbonyl (C=O) groups is 1. The zero-order valence-electron chi connectivity index (χ0n) is 12.6. The Balaban J connectivity index is 1.80. The van der Waals surface area contributed by atoms with Gasteiger partial charge in [-0.05, 0) is 25.0 Å². The fourth-order valence-corrected chi connectivity index (χ4v) is 5.07. The van der Waals surface area contributed by atoms with Crippen LogP contribution >= 0.6 is 11.8 Å². The van der Waals surface area contributed by atoms with Crippen LogP contribution in [0.1, 0.15) is 19.3 Å². The lowest BCUT2D eigenvalue weighted by Crippen LogP contribution is -2.48. The standard InChI is InChI=1S/C13H24N2O4S2/c1-19-13(5-8-20-10-13)9-14-12(16)11-3-6-15(7-4-11)21(2,17)18/h11H,3-10H2,1-2H3,(H,14,16). The molecule has 1 atom stereocenters. The molecule has 2 heterocycles. The zero-order valence-corrected chi connectivity index (χ0v) is 14.3. The minimum absolute atomic E-state index is 0.0245. The quantitative estimate of drug-likeness (QED) is 0.781. The second-order valence-electron chi connectivity index (χ2n) is 5.84. The topological polar surface area (TPSA) is 75.7 Å². The molecular weight excluding hydrogens is 312 g/mol. The molecule has 0 aromatic carbocycles. The number of nitrogens with one attached hydrogen (secondary N) is 1. The van der Waals surface area contributed by atoms with E-state index in [-0.39, 0.29) is 17.4 Å². The average Bonchev–Trinajstić information content (AvgIpc) is 2.93. The number of hydrogen-bond donors (Lipinski definition) is 1. The van der Waals surface area contributed by atoms with Gasteiger partial charge in [0, 0.05) is 38.4 Å². The number of hydrogen-bond acceptors (Lipinski definition) is 5. The molecule has 0 aromatic heterocycles. The van der Waals surface area contributed by atoms with Crippen LogP contribution in [0.25, 0.3) is 0 Å². The molecule has 0 aliphatic carbocycles. The van der Waals surface area contributed by atoms with E-state index in [1.54, 1.807) is 7.11 Å². The summed E-state index contributed by atoms with van der Waals surface area (Å²) < 4.78 is 29.9. The van der Waals surface area contributed by atoms with Crippen LogP contribution in [-0.2, 0) is 19.6 Å². The summed E-state index contributed by atoms with van der Waals surface area (Å²) in [6, 6.07) is 0. The molecule has 21 heavy (non-hydrogen) atoms. The van der Waals surface area contributed by atoms with Crippen LogP contribution in [0.2, 0.25) is 0 Å². The third kappa shape index (κ3) is 4.34. The average molecular weight is 336 g/mol. The number of nitrogens with zero attached hydrogens (tertiary/aromatic N) is 1. The van der Waals surface area contributed by atoms with Gasteiger partial charge in [-0.3, -0.25) is 4.79 Å². The fourth-order valence-electron chi connectivity index (χ4n) is 2.80. The van der Waals surface area contributed by atoms with E-state index in [9.17, 15) is 13.2 Å². The van der Waals surface area contributed by atoms with Crippen molar-refractivity contribution < 1.29 is 17.9 Å². The van der Waals surface area contributed by atoms with E-state index in [1.807, 2.05) is 11.8 Å². The van der Waals surface area contributed by atoms with Crippen molar-refractivity contribution in [2.75, 3.05) is 44.5 Å². The summed E-state index contributed by atoms with van der Waals surface area (Å²) in [6.07, 6.45) is 3.36. The van der Waals surface area contributed by atoms with E-state index in [0.29, 0.717) is 32.5 Å². The minimum Gasteiger partial charge on any atom is -0.376 e. The highest BCUT2D eigenvalue weighted by atomic mass is 32.2. The Labute approximate surface area is 131 Å². The Bertz CT molecular complexity index is 467. The molecule has 1 amide bonds. The second-order valence-corrected chi connectivity index (χ2v) is 8.93. The number of carbonyl (C=O) groups excluding carboxylic acids is 1. The maximum atomic E-state index is 12.2. The lowest BCUT2D eigenvalue weighted by molar-refractivity contribution is -0.127. The van der Waals surface area contributed by atoms with Gasteiger partial charge in [-0.25, -0.2) is 12.7 Å². The molecule has 0 bridgehead atoms. The first-order chi connectivity index (χ1) is 9.86. The zero-order chi connectivity index (χ0) is 15.5. The number of piperidine rings is 1. The Morgan fingerprint density at radius 3 is 2.57 bits per heavy atom. The van der Waals surface area contributed by atoms with E-state index in [0.717, 1.165) is 17.9 Å². The predicted octanol–water partition coefficient (Wildman–Crippen LogP) is 0.296. The van der Waals surface area contributed by atoms with Gasteiger partial charge in [0.2, 0.25) is 15.9 Å². The summed E-state index contributed by atoms with van der Waals surface area (Å²) in [6.45, 7) is 1.41. The van der Waals surface area contributed by atoms with Crippen LogP contribution in [-0.4, -0.2) is 68.7 Å². The second kappa shape index (κ2) is 6.85. The normalized spacial score (nSPS) is 28.7. The third-order valence-electron chi connectivity index (χ3n) is 4.38. The number of sulfonamides is 1. The van der Waals surface area contributed by atoms with Crippen LogP contribution in [0.15, 0.2) is 0 Å². The van der Waals surface area contributed by atoms with Gasteiger partial charge < -0.3 is 10.1 Å². The lowest BCUT2D eigenvalue weighted by Gasteiger charge is -2.31. The van der Waals surface area contributed by atoms with Crippen molar-refractivity contribution in [2.24, 2.45) is 5.92 Å². The van der Waals surface area contributed by atoms with Crippen molar-refractivity contribution in [1.82, 2.24) is 9.62 Å². The molecule has 8 heteroatoms. The fraction of sp³-hybridized carbons (Fsp3) is 0.923. The monoisotopic (exact) mass is 336 g/mol. The summed E-state index contributed by atoms with van der Waals surface area (Å²) in [4.78, 5) is 12.2.